The first-order valence-corrected chi connectivity index (χ1v) is 17.0. The molecule has 7 nitrogen and oxygen atoms in total. The predicted octanol–water partition coefficient (Wildman–Crippen LogP) is 8.18. The molecule has 2 heterocycles. The van der Waals surface area contributed by atoms with Gasteiger partial charge in [-0.15, -0.1) is 0 Å². The molecule has 228 valence electrons. The van der Waals surface area contributed by atoms with E-state index in [2.05, 4.69) is 31.9 Å². The average Bonchev–Trinajstić information content (AvgIpc) is 3.64. The number of Topliss-reactive ketones (excluding diaryl/α,β-unsaturated/α-hetero) is 1. The van der Waals surface area contributed by atoms with E-state index in [1.54, 1.807) is 48.5 Å². The molecular formula is C33H21Br2Cl3N2O5. The van der Waals surface area contributed by atoms with Crippen molar-refractivity contribution in [3.05, 3.63) is 92.9 Å². The fourth-order valence-corrected chi connectivity index (χ4v) is 9.52. The summed E-state index contributed by atoms with van der Waals surface area (Å²) in [5, 5.41) is 1.31. The van der Waals surface area contributed by atoms with Crippen LogP contribution in [-0.4, -0.2) is 44.8 Å². The number of rotatable bonds is 6. The summed E-state index contributed by atoms with van der Waals surface area (Å²) in [5.74, 6) is -1.96. The molecule has 4 aromatic rings. The number of carbonyl (C=O) groups is 4. The van der Waals surface area contributed by atoms with E-state index in [1.165, 1.54) is 23.1 Å². The quantitative estimate of drug-likeness (QED) is 0.0847. The number of aromatic nitrogens is 1. The molecular weight excluding hydrogens is 771 g/mol. The number of amides is 2. The fourth-order valence-electron chi connectivity index (χ4n) is 6.92. The number of halogens is 5. The van der Waals surface area contributed by atoms with E-state index in [1.807, 2.05) is 0 Å². The van der Waals surface area contributed by atoms with Crippen molar-refractivity contribution < 1.29 is 23.9 Å². The molecule has 6 unspecified atom stereocenters. The molecule has 7 rings (SSSR count). The second-order valence-electron chi connectivity index (χ2n) is 11.4. The number of para-hydroxylation sites is 1. The van der Waals surface area contributed by atoms with E-state index in [0.29, 0.717) is 37.9 Å². The third kappa shape index (κ3) is 5.11. The van der Waals surface area contributed by atoms with Crippen molar-refractivity contribution in [1.29, 1.82) is 0 Å². The Bertz CT molecular complexity index is 1910. The molecule has 45 heavy (non-hydrogen) atoms. The monoisotopic (exact) mass is 788 g/mol. The summed E-state index contributed by atoms with van der Waals surface area (Å²) >= 11 is 26.0. The topological polar surface area (TPSA) is 93.6 Å². The first kappa shape index (κ1) is 30.8. The highest BCUT2D eigenvalue weighted by Crippen LogP contribution is 2.60. The minimum atomic E-state index is -0.745. The number of imide groups is 1. The molecule has 0 spiro atoms. The van der Waals surface area contributed by atoms with Crippen LogP contribution in [0.5, 0.6) is 0 Å². The Labute approximate surface area is 289 Å². The van der Waals surface area contributed by atoms with Gasteiger partial charge in [0.15, 0.2) is 6.61 Å². The van der Waals surface area contributed by atoms with Crippen molar-refractivity contribution in [2.45, 2.75) is 16.1 Å². The highest BCUT2D eigenvalue weighted by molar-refractivity contribution is 9.12. The molecule has 2 amide bonds. The number of benzene rings is 3. The number of hydrogen-bond donors (Lipinski definition) is 0. The maximum absolute atomic E-state index is 13.5. The molecule has 2 saturated carbocycles. The van der Waals surface area contributed by atoms with E-state index >= 15 is 0 Å². The number of anilines is 1. The maximum Gasteiger partial charge on any atom is 0.339 e. The summed E-state index contributed by atoms with van der Waals surface area (Å²) < 4.78 is 5.41. The van der Waals surface area contributed by atoms with Crippen LogP contribution in [0.2, 0.25) is 15.1 Å². The summed E-state index contributed by atoms with van der Waals surface area (Å²) in [4.78, 5) is 59.4. The van der Waals surface area contributed by atoms with Crippen molar-refractivity contribution in [3.63, 3.8) is 0 Å². The zero-order valence-corrected chi connectivity index (χ0v) is 28.5. The second kappa shape index (κ2) is 11.8. The third-order valence-corrected chi connectivity index (χ3v) is 13.0. The Morgan fingerprint density at radius 2 is 1.51 bits per heavy atom. The van der Waals surface area contributed by atoms with Crippen LogP contribution < -0.4 is 4.90 Å². The number of alkyl halides is 2. The number of carbonyl (C=O) groups excluding carboxylic acids is 4. The smallest absolute Gasteiger partial charge is 0.339 e. The predicted molar refractivity (Wildman–Crippen MR) is 180 cm³/mol. The molecule has 6 atom stereocenters. The third-order valence-electron chi connectivity index (χ3n) is 8.98. The first-order chi connectivity index (χ1) is 21.5. The Kier molecular flexibility index (Phi) is 8.05. The minimum absolute atomic E-state index is 0.119. The number of fused-ring (bicyclic) bond motifs is 6. The molecule has 1 saturated heterocycles. The summed E-state index contributed by atoms with van der Waals surface area (Å²) in [6.07, 6.45) is 0.857. The van der Waals surface area contributed by atoms with Gasteiger partial charge in [0.05, 0.1) is 44.3 Å². The van der Waals surface area contributed by atoms with Gasteiger partial charge in [-0.3, -0.25) is 19.3 Å². The number of hydrogen-bond acceptors (Lipinski definition) is 6. The largest absolute Gasteiger partial charge is 0.454 e. The van der Waals surface area contributed by atoms with Crippen molar-refractivity contribution in [3.8, 4) is 11.3 Å². The highest BCUT2D eigenvalue weighted by atomic mass is 79.9. The van der Waals surface area contributed by atoms with E-state index in [4.69, 9.17) is 44.5 Å². The number of esters is 1. The molecule has 0 radical (unpaired) electrons. The van der Waals surface area contributed by atoms with Gasteiger partial charge in [0.1, 0.15) is 0 Å². The Morgan fingerprint density at radius 3 is 2.16 bits per heavy atom. The Morgan fingerprint density at radius 1 is 0.844 bits per heavy atom. The molecule has 12 heteroatoms. The molecule has 3 aliphatic rings. The van der Waals surface area contributed by atoms with E-state index in [9.17, 15) is 19.2 Å². The Hall–Kier alpha value is -2.82. The van der Waals surface area contributed by atoms with Crippen LogP contribution in [0.15, 0.2) is 66.7 Å². The van der Waals surface area contributed by atoms with Gasteiger partial charge in [0.2, 0.25) is 17.6 Å². The van der Waals surface area contributed by atoms with Crippen LogP contribution in [0.25, 0.3) is 22.2 Å². The van der Waals surface area contributed by atoms with Crippen molar-refractivity contribution >= 4 is 107 Å². The zero-order valence-electron chi connectivity index (χ0n) is 23.1. The summed E-state index contributed by atoms with van der Waals surface area (Å²) in [6, 6.07) is 17.9. The van der Waals surface area contributed by atoms with Crippen LogP contribution in [-0.2, 0) is 14.3 Å². The van der Waals surface area contributed by atoms with Crippen LogP contribution in [0.4, 0.5) is 5.69 Å². The lowest BCUT2D eigenvalue weighted by Gasteiger charge is -2.28. The van der Waals surface area contributed by atoms with Crippen LogP contribution in [0.3, 0.4) is 0 Å². The first-order valence-electron chi connectivity index (χ1n) is 14.1. The summed E-state index contributed by atoms with van der Waals surface area (Å²) in [5.41, 5.74) is 2.25. The van der Waals surface area contributed by atoms with Crippen molar-refractivity contribution in [2.75, 3.05) is 11.5 Å². The van der Waals surface area contributed by atoms with Gasteiger partial charge in [0, 0.05) is 31.2 Å². The van der Waals surface area contributed by atoms with Gasteiger partial charge in [-0.2, -0.15) is 0 Å². The van der Waals surface area contributed by atoms with E-state index < -0.39 is 18.4 Å². The Balaban J connectivity index is 1.16. The molecule has 2 bridgehead atoms. The number of pyridine rings is 1. The number of nitrogens with zero attached hydrogens (tertiary/aromatic N) is 2. The van der Waals surface area contributed by atoms with Gasteiger partial charge in [-0.05, 0) is 60.7 Å². The van der Waals surface area contributed by atoms with Gasteiger partial charge < -0.3 is 4.74 Å². The number of ether oxygens (including phenoxy) is 1. The lowest BCUT2D eigenvalue weighted by Crippen LogP contribution is -2.37. The van der Waals surface area contributed by atoms with E-state index in [-0.39, 0.29) is 61.3 Å². The SMILES string of the molecule is O=C(COC(=O)c1cc(-c2ccc(N3C(=O)C4C5CC(C(Br)C5Br)C4C3=O)cc2)nc2c(Cl)cccc12)c1ccc(Cl)cc1Cl. The lowest BCUT2D eigenvalue weighted by molar-refractivity contribution is -0.123. The average molecular weight is 792 g/mol. The standard InChI is InChI=1S/C33H21Br2Cl3N2O5/c34-28-20-11-21(29(28)35)27-26(20)31(42)40(32(27)43)16-7-4-14(5-8-16)24-12-19(17-2-1-3-22(37)30(17)39-24)33(44)45-13-25(41)18-9-6-15(36)10-23(18)38/h1-10,12,20-21,26-29H,11,13H2. The molecule has 3 fully saturated rings. The highest BCUT2D eigenvalue weighted by Gasteiger charge is 2.66. The lowest BCUT2D eigenvalue weighted by atomic mass is 9.81. The summed E-state index contributed by atoms with van der Waals surface area (Å²) in [7, 11) is 0. The van der Waals surface area contributed by atoms with Gasteiger partial charge in [0.25, 0.3) is 0 Å². The van der Waals surface area contributed by atoms with E-state index in [0.717, 1.165) is 6.42 Å². The second-order valence-corrected chi connectivity index (χ2v) is 14.7. The molecule has 0 N–H and O–H groups in total. The minimum Gasteiger partial charge on any atom is -0.454 e. The van der Waals surface area contributed by atoms with Crippen LogP contribution >= 0.6 is 66.7 Å². The zero-order chi connectivity index (χ0) is 31.7. The molecule has 2 aliphatic carbocycles. The normalized spacial score (nSPS) is 25.2. The maximum atomic E-state index is 13.5. The molecule has 1 aromatic heterocycles. The van der Waals surface area contributed by atoms with Gasteiger partial charge in [-0.1, -0.05) is 90.9 Å². The fraction of sp³-hybridized carbons (Fsp3) is 0.242. The van der Waals surface area contributed by atoms with Gasteiger partial charge >= 0.3 is 5.97 Å². The van der Waals surface area contributed by atoms with Crippen LogP contribution in [0.1, 0.15) is 27.1 Å². The van der Waals surface area contributed by atoms with Crippen LogP contribution in [0, 0.1) is 23.7 Å². The van der Waals surface area contributed by atoms with Crippen molar-refractivity contribution in [2.24, 2.45) is 23.7 Å². The van der Waals surface area contributed by atoms with Gasteiger partial charge in [-0.25, -0.2) is 9.78 Å². The molecule has 3 aromatic carbocycles. The number of ketones is 1. The van der Waals surface area contributed by atoms with Crippen molar-refractivity contribution in [1.82, 2.24) is 4.98 Å². The molecule has 1 aliphatic heterocycles. The summed E-state index contributed by atoms with van der Waals surface area (Å²) in [6.45, 7) is -0.540.